The number of piperazine rings is 1. The van der Waals surface area contributed by atoms with E-state index in [-0.39, 0.29) is 18.4 Å². The van der Waals surface area contributed by atoms with E-state index < -0.39 is 5.97 Å². The Morgan fingerprint density at radius 3 is 3.00 bits per heavy atom. The molecule has 0 bridgehead atoms. The zero-order valence-corrected chi connectivity index (χ0v) is 9.96. The van der Waals surface area contributed by atoms with Crippen molar-refractivity contribution in [3.63, 3.8) is 0 Å². The molecule has 0 radical (unpaired) electrons. The lowest BCUT2D eigenvalue weighted by Crippen LogP contribution is -2.45. The van der Waals surface area contributed by atoms with E-state index in [4.69, 9.17) is 9.63 Å². The largest absolute Gasteiger partial charge is 0.481 e. The Morgan fingerprint density at radius 2 is 2.29 bits per heavy atom. The quantitative estimate of drug-likeness (QED) is 0.770. The summed E-state index contributed by atoms with van der Waals surface area (Å²) in [5.74, 6) is -0.237. The highest BCUT2D eigenvalue weighted by atomic mass is 16.5. The van der Waals surface area contributed by atoms with Gasteiger partial charge in [-0.2, -0.15) is 4.98 Å². The Kier molecular flexibility index (Phi) is 3.39. The topological polar surface area (TPSA) is 82.7 Å². The van der Waals surface area contributed by atoms with Gasteiger partial charge in [-0.3, -0.25) is 9.69 Å². The van der Waals surface area contributed by atoms with Crippen molar-refractivity contribution in [3.05, 3.63) is 11.7 Å². The van der Waals surface area contributed by atoms with Crippen molar-refractivity contribution in [1.82, 2.24) is 19.9 Å². The van der Waals surface area contributed by atoms with Crippen molar-refractivity contribution in [2.24, 2.45) is 0 Å². The summed E-state index contributed by atoms with van der Waals surface area (Å²) in [5, 5.41) is 12.5. The molecule has 1 unspecified atom stereocenters. The Hall–Kier alpha value is -1.47. The lowest BCUT2D eigenvalue weighted by Gasteiger charge is -2.35. The second-order valence-electron chi connectivity index (χ2n) is 4.38. The molecule has 1 aliphatic rings. The monoisotopic (exact) mass is 240 g/mol. The summed E-state index contributed by atoms with van der Waals surface area (Å²) in [5.41, 5.74) is 0. The third-order valence-corrected chi connectivity index (χ3v) is 2.94. The van der Waals surface area contributed by atoms with Crippen LogP contribution in [0, 0.1) is 0 Å². The van der Waals surface area contributed by atoms with Gasteiger partial charge < -0.3 is 14.5 Å². The molecule has 7 nitrogen and oxygen atoms in total. The summed E-state index contributed by atoms with van der Waals surface area (Å²) in [7, 11) is 4.04. The van der Waals surface area contributed by atoms with Gasteiger partial charge in [0, 0.05) is 19.6 Å². The van der Waals surface area contributed by atoms with Gasteiger partial charge in [-0.1, -0.05) is 5.16 Å². The molecule has 1 saturated heterocycles. The summed E-state index contributed by atoms with van der Waals surface area (Å²) < 4.78 is 4.93. The molecule has 1 N–H and O–H groups in total. The minimum Gasteiger partial charge on any atom is -0.481 e. The molecular weight excluding hydrogens is 224 g/mol. The van der Waals surface area contributed by atoms with Gasteiger partial charge in [-0.15, -0.1) is 0 Å². The Morgan fingerprint density at radius 1 is 1.53 bits per heavy atom. The van der Waals surface area contributed by atoms with E-state index in [2.05, 4.69) is 19.9 Å². The first-order valence-corrected chi connectivity index (χ1v) is 5.49. The molecule has 1 aromatic heterocycles. The lowest BCUT2D eigenvalue weighted by atomic mass is 10.2. The van der Waals surface area contributed by atoms with Gasteiger partial charge in [0.15, 0.2) is 5.82 Å². The van der Waals surface area contributed by atoms with Crippen LogP contribution in [-0.2, 0) is 11.2 Å². The number of likely N-dealkylation sites (N-methyl/N-ethyl adjacent to an activating group) is 2. The molecule has 1 aromatic rings. The van der Waals surface area contributed by atoms with E-state index in [0.717, 1.165) is 19.6 Å². The summed E-state index contributed by atoms with van der Waals surface area (Å²) >= 11 is 0. The van der Waals surface area contributed by atoms with Gasteiger partial charge in [0.1, 0.15) is 6.42 Å². The Labute approximate surface area is 99.0 Å². The van der Waals surface area contributed by atoms with Crippen molar-refractivity contribution in [2.75, 3.05) is 33.7 Å². The van der Waals surface area contributed by atoms with Crippen LogP contribution in [0.4, 0.5) is 0 Å². The smallest absolute Gasteiger partial charge is 0.312 e. The standard InChI is InChI=1S/C10H16N4O3/c1-13-3-4-14(2)7(6-13)10-11-8(17-12-10)5-9(15)16/h7H,3-6H2,1-2H3,(H,15,16). The van der Waals surface area contributed by atoms with Crippen molar-refractivity contribution >= 4 is 5.97 Å². The average Bonchev–Trinajstić information content (AvgIpc) is 2.69. The number of carboxylic acid groups (broad SMARTS) is 1. The van der Waals surface area contributed by atoms with E-state index in [1.807, 2.05) is 14.1 Å². The van der Waals surface area contributed by atoms with Gasteiger partial charge in [-0.05, 0) is 14.1 Å². The highest BCUT2D eigenvalue weighted by molar-refractivity contribution is 5.68. The maximum absolute atomic E-state index is 10.5. The first kappa shape index (κ1) is 12.0. The fourth-order valence-electron chi connectivity index (χ4n) is 1.89. The number of carbonyl (C=O) groups is 1. The van der Waals surface area contributed by atoms with Crippen LogP contribution in [0.5, 0.6) is 0 Å². The molecule has 0 spiro atoms. The number of aromatic nitrogens is 2. The Bertz CT molecular complexity index is 406. The number of carboxylic acids is 1. The molecule has 2 heterocycles. The molecule has 7 heteroatoms. The molecule has 1 aliphatic heterocycles. The van der Waals surface area contributed by atoms with Crippen molar-refractivity contribution in [3.8, 4) is 0 Å². The number of aliphatic carboxylic acids is 1. The second-order valence-corrected chi connectivity index (χ2v) is 4.38. The summed E-state index contributed by atoms with van der Waals surface area (Å²) in [6.07, 6.45) is -0.223. The first-order valence-electron chi connectivity index (χ1n) is 5.49. The van der Waals surface area contributed by atoms with Crippen LogP contribution >= 0.6 is 0 Å². The zero-order chi connectivity index (χ0) is 12.4. The van der Waals surface area contributed by atoms with E-state index >= 15 is 0 Å². The molecule has 1 fully saturated rings. The maximum Gasteiger partial charge on any atom is 0.312 e. The predicted octanol–water partition coefficient (Wildman–Crippen LogP) is -0.385. The van der Waals surface area contributed by atoms with Crippen LogP contribution in [0.1, 0.15) is 17.8 Å². The highest BCUT2D eigenvalue weighted by Crippen LogP contribution is 2.20. The third kappa shape index (κ3) is 2.80. The van der Waals surface area contributed by atoms with Gasteiger partial charge in [0.25, 0.3) is 0 Å². The van der Waals surface area contributed by atoms with Crippen molar-refractivity contribution < 1.29 is 14.4 Å². The van der Waals surface area contributed by atoms with Crippen LogP contribution < -0.4 is 0 Å². The van der Waals surface area contributed by atoms with Gasteiger partial charge in [-0.25, -0.2) is 0 Å². The van der Waals surface area contributed by atoms with Gasteiger partial charge >= 0.3 is 5.97 Å². The average molecular weight is 240 g/mol. The van der Waals surface area contributed by atoms with Crippen LogP contribution in [0.2, 0.25) is 0 Å². The minimum atomic E-state index is -0.964. The van der Waals surface area contributed by atoms with Gasteiger partial charge in [0.05, 0.1) is 6.04 Å². The molecule has 94 valence electrons. The number of nitrogens with zero attached hydrogens (tertiary/aromatic N) is 4. The molecule has 0 amide bonds. The van der Waals surface area contributed by atoms with Crippen LogP contribution in [0.25, 0.3) is 0 Å². The minimum absolute atomic E-state index is 0.0695. The Balaban J connectivity index is 2.10. The highest BCUT2D eigenvalue weighted by Gasteiger charge is 2.28. The number of hydrogen-bond acceptors (Lipinski definition) is 6. The first-order chi connectivity index (χ1) is 8.06. The zero-order valence-electron chi connectivity index (χ0n) is 9.96. The summed E-state index contributed by atoms with van der Waals surface area (Å²) in [4.78, 5) is 19.0. The van der Waals surface area contributed by atoms with Crippen molar-refractivity contribution in [1.29, 1.82) is 0 Å². The normalized spacial score (nSPS) is 22.8. The number of hydrogen-bond donors (Lipinski definition) is 1. The third-order valence-electron chi connectivity index (χ3n) is 2.94. The maximum atomic E-state index is 10.5. The number of rotatable bonds is 3. The van der Waals surface area contributed by atoms with Crippen LogP contribution in [-0.4, -0.2) is 64.7 Å². The van der Waals surface area contributed by atoms with Crippen LogP contribution in [0.3, 0.4) is 0 Å². The molecule has 0 aromatic carbocycles. The second kappa shape index (κ2) is 4.80. The van der Waals surface area contributed by atoms with E-state index in [1.54, 1.807) is 0 Å². The molecule has 17 heavy (non-hydrogen) atoms. The molecule has 1 atom stereocenters. The molecule has 0 saturated carbocycles. The van der Waals surface area contributed by atoms with Gasteiger partial charge in [0.2, 0.25) is 5.89 Å². The fourth-order valence-corrected chi connectivity index (χ4v) is 1.89. The lowest BCUT2D eigenvalue weighted by molar-refractivity contribution is -0.136. The summed E-state index contributed by atoms with van der Waals surface area (Å²) in [6, 6.07) is 0.0695. The van der Waals surface area contributed by atoms with E-state index in [1.165, 1.54) is 0 Å². The van der Waals surface area contributed by atoms with E-state index in [9.17, 15) is 4.79 Å². The van der Waals surface area contributed by atoms with E-state index in [0.29, 0.717) is 5.82 Å². The predicted molar refractivity (Wildman–Crippen MR) is 58.5 cm³/mol. The summed E-state index contributed by atoms with van der Waals surface area (Å²) in [6.45, 7) is 2.76. The fraction of sp³-hybridized carbons (Fsp3) is 0.700. The molecule has 0 aliphatic carbocycles. The molecule has 2 rings (SSSR count). The molecular formula is C10H16N4O3. The van der Waals surface area contributed by atoms with Crippen LogP contribution in [0.15, 0.2) is 4.52 Å². The van der Waals surface area contributed by atoms with Crippen molar-refractivity contribution in [2.45, 2.75) is 12.5 Å². The SMILES string of the molecule is CN1CCN(C)C(c2noc(CC(=O)O)n2)C1.